The fraction of sp³-hybridized carbons (Fsp3) is 0.636. The van der Waals surface area contributed by atoms with Crippen LogP contribution >= 0.6 is 11.3 Å². The van der Waals surface area contributed by atoms with Crippen LogP contribution in [0.15, 0.2) is 11.4 Å². The fourth-order valence-electron chi connectivity index (χ4n) is 1.92. The molecule has 0 aromatic carbocycles. The van der Waals surface area contributed by atoms with Gasteiger partial charge in [-0.1, -0.05) is 11.3 Å². The van der Waals surface area contributed by atoms with Gasteiger partial charge in [-0.25, -0.2) is 0 Å². The summed E-state index contributed by atoms with van der Waals surface area (Å²) in [6.45, 7) is 5.60. The molecule has 17 heavy (non-hydrogen) atoms. The van der Waals surface area contributed by atoms with E-state index in [0.717, 1.165) is 18.6 Å². The number of nitrogens with one attached hydrogen (secondary N) is 1. The van der Waals surface area contributed by atoms with Crippen LogP contribution in [0.3, 0.4) is 0 Å². The quantitative estimate of drug-likeness (QED) is 0.663. The number of nitrogens with zero attached hydrogens (tertiary/aromatic N) is 1. The Bertz CT molecular complexity index is 421. The van der Waals surface area contributed by atoms with Gasteiger partial charge in [0, 0.05) is 30.1 Å². The minimum absolute atomic E-state index is 0.0310. The van der Waals surface area contributed by atoms with Gasteiger partial charge in [0.2, 0.25) is 0 Å². The molecule has 1 aromatic rings. The molecule has 6 heteroatoms. The van der Waals surface area contributed by atoms with Gasteiger partial charge in [-0.05, 0) is 25.8 Å². The molecule has 1 N–H and O–H groups in total. The summed E-state index contributed by atoms with van der Waals surface area (Å²) < 4.78 is 5.53. The van der Waals surface area contributed by atoms with Crippen LogP contribution in [0.1, 0.15) is 25.8 Å². The largest absolute Gasteiger partial charge is 0.377 e. The Morgan fingerprint density at radius 1 is 1.76 bits per heavy atom. The molecular weight excluding hydrogens is 240 g/mol. The van der Waals surface area contributed by atoms with Crippen molar-refractivity contribution in [2.75, 3.05) is 6.61 Å². The summed E-state index contributed by atoms with van der Waals surface area (Å²) in [4.78, 5) is 10.2. The van der Waals surface area contributed by atoms with Gasteiger partial charge in [0.05, 0.1) is 11.0 Å². The van der Waals surface area contributed by atoms with Gasteiger partial charge in [0.1, 0.15) is 0 Å². The maximum absolute atomic E-state index is 10.6. The SMILES string of the molecule is CC1OCCC1(C)NCc1csc([N+](=O)[O-])c1. The van der Waals surface area contributed by atoms with Gasteiger partial charge < -0.3 is 10.1 Å². The highest BCUT2D eigenvalue weighted by Crippen LogP contribution is 2.27. The number of ether oxygens (including phenoxy) is 1. The molecule has 2 rings (SSSR count). The molecule has 0 saturated carbocycles. The molecule has 0 aliphatic carbocycles. The molecular formula is C11H16N2O3S. The number of rotatable bonds is 4. The molecule has 1 saturated heterocycles. The van der Waals surface area contributed by atoms with Crippen LogP contribution in [0, 0.1) is 10.1 Å². The standard InChI is InChI=1S/C11H16N2O3S/c1-8-11(2,3-4-16-8)12-6-9-5-10(13(14)15)17-7-9/h5,7-8,12H,3-4,6H2,1-2H3. The zero-order chi connectivity index (χ0) is 12.5. The van der Waals surface area contributed by atoms with Crippen LogP contribution in [0.4, 0.5) is 5.00 Å². The third-order valence-corrected chi connectivity index (χ3v) is 4.33. The summed E-state index contributed by atoms with van der Waals surface area (Å²) in [5.41, 5.74) is 0.929. The minimum atomic E-state index is -0.350. The summed E-state index contributed by atoms with van der Waals surface area (Å²) >= 11 is 1.17. The highest BCUT2D eigenvalue weighted by Gasteiger charge is 2.36. The third-order valence-electron chi connectivity index (χ3n) is 3.40. The minimum Gasteiger partial charge on any atom is -0.377 e. The average molecular weight is 256 g/mol. The zero-order valence-corrected chi connectivity index (χ0v) is 10.8. The van der Waals surface area contributed by atoms with Gasteiger partial charge in [-0.3, -0.25) is 10.1 Å². The second-order valence-electron chi connectivity index (χ2n) is 4.58. The molecule has 0 spiro atoms. The second kappa shape index (κ2) is 4.72. The number of hydrogen-bond acceptors (Lipinski definition) is 5. The van der Waals surface area contributed by atoms with Crippen molar-refractivity contribution in [1.29, 1.82) is 0 Å². The van der Waals surface area contributed by atoms with Crippen molar-refractivity contribution >= 4 is 16.3 Å². The Hall–Kier alpha value is -0.980. The van der Waals surface area contributed by atoms with E-state index in [1.165, 1.54) is 11.3 Å². The maximum Gasteiger partial charge on any atom is 0.324 e. The van der Waals surface area contributed by atoms with Crippen molar-refractivity contribution in [1.82, 2.24) is 5.32 Å². The van der Waals surface area contributed by atoms with Crippen molar-refractivity contribution in [3.63, 3.8) is 0 Å². The van der Waals surface area contributed by atoms with Gasteiger partial charge in [-0.2, -0.15) is 0 Å². The normalized spacial score (nSPS) is 28.5. The van der Waals surface area contributed by atoms with Crippen molar-refractivity contribution in [2.45, 2.75) is 38.5 Å². The Morgan fingerprint density at radius 3 is 3.06 bits per heavy atom. The zero-order valence-electron chi connectivity index (χ0n) is 9.93. The molecule has 0 bridgehead atoms. The van der Waals surface area contributed by atoms with Crippen LogP contribution in [0.25, 0.3) is 0 Å². The Kier molecular flexibility index (Phi) is 3.46. The average Bonchev–Trinajstić information content (AvgIpc) is 2.85. The highest BCUT2D eigenvalue weighted by atomic mass is 32.1. The molecule has 1 aliphatic rings. The third kappa shape index (κ3) is 2.65. The predicted molar refractivity (Wildman–Crippen MR) is 66.2 cm³/mol. The molecule has 1 aromatic heterocycles. The van der Waals surface area contributed by atoms with E-state index in [0.29, 0.717) is 6.54 Å². The van der Waals surface area contributed by atoms with Crippen molar-refractivity contribution in [3.05, 3.63) is 27.1 Å². The Labute approximate surface area is 104 Å². The van der Waals surface area contributed by atoms with Crippen LogP contribution in [0.2, 0.25) is 0 Å². The van der Waals surface area contributed by atoms with E-state index in [2.05, 4.69) is 19.2 Å². The molecule has 2 atom stereocenters. The molecule has 2 unspecified atom stereocenters. The molecule has 0 amide bonds. The van der Waals surface area contributed by atoms with Gasteiger partial charge in [-0.15, -0.1) is 0 Å². The predicted octanol–water partition coefficient (Wildman–Crippen LogP) is 2.31. The monoisotopic (exact) mass is 256 g/mol. The van der Waals surface area contributed by atoms with Crippen molar-refractivity contribution < 1.29 is 9.66 Å². The van der Waals surface area contributed by atoms with Gasteiger partial charge >= 0.3 is 5.00 Å². The van der Waals surface area contributed by atoms with Crippen molar-refractivity contribution in [3.8, 4) is 0 Å². The lowest BCUT2D eigenvalue weighted by Crippen LogP contribution is -2.47. The van der Waals surface area contributed by atoms with Gasteiger partial charge in [0.25, 0.3) is 0 Å². The van der Waals surface area contributed by atoms with E-state index >= 15 is 0 Å². The molecule has 5 nitrogen and oxygen atoms in total. The van der Waals surface area contributed by atoms with E-state index in [1.807, 2.05) is 5.38 Å². The van der Waals surface area contributed by atoms with E-state index in [-0.39, 0.29) is 21.6 Å². The lowest BCUT2D eigenvalue weighted by molar-refractivity contribution is -0.380. The van der Waals surface area contributed by atoms with E-state index in [1.54, 1.807) is 6.07 Å². The summed E-state index contributed by atoms with van der Waals surface area (Å²) in [6, 6.07) is 1.63. The lowest BCUT2D eigenvalue weighted by atomic mass is 9.94. The first-order valence-electron chi connectivity index (χ1n) is 5.60. The van der Waals surface area contributed by atoms with Gasteiger partial charge in [0.15, 0.2) is 0 Å². The molecule has 1 fully saturated rings. The number of thiophene rings is 1. The summed E-state index contributed by atoms with van der Waals surface area (Å²) in [5.74, 6) is 0. The van der Waals surface area contributed by atoms with Crippen molar-refractivity contribution in [2.24, 2.45) is 0 Å². The second-order valence-corrected chi connectivity index (χ2v) is 5.47. The smallest absolute Gasteiger partial charge is 0.324 e. The first-order valence-corrected chi connectivity index (χ1v) is 6.48. The topological polar surface area (TPSA) is 64.4 Å². The van der Waals surface area contributed by atoms with Crippen LogP contribution in [-0.2, 0) is 11.3 Å². The van der Waals surface area contributed by atoms with Crippen LogP contribution in [0.5, 0.6) is 0 Å². The first kappa shape index (κ1) is 12.5. The van der Waals surface area contributed by atoms with Crippen LogP contribution in [-0.4, -0.2) is 23.2 Å². The fourth-order valence-corrected chi connectivity index (χ4v) is 2.65. The van der Waals surface area contributed by atoms with Crippen LogP contribution < -0.4 is 5.32 Å². The maximum atomic E-state index is 10.6. The summed E-state index contributed by atoms with van der Waals surface area (Å²) in [7, 11) is 0. The Balaban J connectivity index is 1.95. The Morgan fingerprint density at radius 2 is 2.53 bits per heavy atom. The van der Waals surface area contributed by atoms with E-state index in [9.17, 15) is 10.1 Å². The molecule has 2 heterocycles. The summed E-state index contributed by atoms with van der Waals surface area (Å²) in [5, 5.41) is 16.0. The summed E-state index contributed by atoms with van der Waals surface area (Å²) in [6.07, 6.45) is 1.15. The highest BCUT2D eigenvalue weighted by molar-refractivity contribution is 7.13. The number of nitro groups is 1. The molecule has 94 valence electrons. The molecule has 0 radical (unpaired) electrons. The lowest BCUT2D eigenvalue weighted by Gasteiger charge is -2.28. The number of hydrogen-bond donors (Lipinski definition) is 1. The first-order chi connectivity index (χ1) is 8.01. The molecule has 1 aliphatic heterocycles. The van der Waals surface area contributed by atoms with E-state index in [4.69, 9.17) is 4.74 Å². The van der Waals surface area contributed by atoms with E-state index < -0.39 is 0 Å².